The standard InChI is InChI=1S/C16H36Si4/c1-17(2,3)20(18(4,5)6,19(7,8)9)16-13-14-10-11-15(16)12-14/h10-11,14-16H,12-13H2,1-9H3/t14-,15+,16?/m0/s1. The molecule has 2 aliphatic rings. The minimum absolute atomic E-state index is 0.959. The van der Waals surface area contributed by atoms with Crippen LogP contribution in [-0.2, 0) is 0 Å². The lowest BCUT2D eigenvalue weighted by Crippen LogP contribution is -2.84. The van der Waals surface area contributed by atoms with E-state index in [0.717, 1.165) is 17.4 Å². The molecule has 0 saturated heterocycles. The van der Waals surface area contributed by atoms with Crippen molar-refractivity contribution in [3.8, 4) is 0 Å². The molecule has 1 saturated carbocycles. The summed E-state index contributed by atoms with van der Waals surface area (Å²) in [6, 6.07) is 0. The highest BCUT2D eigenvalue weighted by molar-refractivity contribution is 7.89. The Kier molecular flexibility index (Phi) is 4.07. The summed E-state index contributed by atoms with van der Waals surface area (Å²) in [6.45, 7) is 23.6. The molecule has 0 aromatic rings. The van der Waals surface area contributed by atoms with E-state index < -0.39 is 29.4 Å². The molecule has 0 aromatic carbocycles. The Hall–Kier alpha value is 0.608. The summed E-state index contributed by atoms with van der Waals surface area (Å²) in [5, 5.41) is 0. The normalized spacial score (nSPS) is 31.1. The van der Waals surface area contributed by atoms with Crippen LogP contribution < -0.4 is 0 Å². The second-order valence-electron chi connectivity index (χ2n) is 10.4. The van der Waals surface area contributed by atoms with Gasteiger partial charge in [0.25, 0.3) is 0 Å². The fraction of sp³-hybridized carbons (Fsp3) is 0.875. The minimum atomic E-state index is -1.16. The number of rotatable bonds is 4. The van der Waals surface area contributed by atoms with Gasteiger partial charge in [-0.25, -0.2) is 0 Å². The molecule has 0 heterocycles. The van der Waals surface area contributed by atoms with Gasteiger partial charge in [0.05, 0.1) is 0 Å². The van der Waals surface area contributed by atoms with Crippen molar-refractivity contribution in [1.29, 1.82) is 0 Å². The summed E-state index contributed by atoms with van der Waals surface area (Å²) in [6.07, 6.45) is 8.28. The highest BCUT2D eigenvalue weighted by Crippen LogP contribution is 2.58. The predicted molar refractivity (Wildman–Crippen MR) is 105 cm³/mol. The summed E-state index contributed by atoms with van der Waals surface area (Å²) >= 11 is 0. The molecule has 2 aliphatic carbocycles. The quantitative estimate of drug-likeness (QED) is 0.458. The molecule has 2 bridgehead atoms. The maximum Gasteiger partial charge on any atom is 0.0412 e. The molecule has 1 fully saturated rings. The van der Waals surface area contributed by atoms with E-state index in [1.165, 1.54) is 6.42 Å². The van der Waals surface area contributed by atoms with Gasteiger partial charge in [-0.05, 0) is 30.2 Å². The molecule has 1 unspecified atom stereocenters. The Labute approximate surface area is 130 Å². The van der Waals surface area contributed by atoms with Crippen molar-refractivity contribution in [2.75, 3.05) is 0 Å². The van der Waals surface area contributed by atoms with Crippen LogP contribution in [0.5, 0.6) is 0 Å². The number of allylic oxidation sites excluding steroid dienone is 2. The molecule has 0 spiro atoms. The average Bonchev–Trinajstić information content (AvgIpc) is 2.71. The van der Waals surface area contributed by atoms with E-state index >= 15 is 0 Å². The molecule has 2 rings (SSSR count). The first-order valence-electron chi connectivity index (χ1n) is 8.51. The fourth-order valence-corrected chi connectivity index (χ4v) is 113. The van der Waals surface area contributed by atoms with Gasteiger partial charge >= 0.3 is 0 Å². The first kappa shape index (κ1) is 17.0. The van der Waals surface area contributed by atoms with Crippen molar-refractivity contribution in [3.05, 3.63) is 12.2 Å². The molecular formula is C16H36Si4. The topological polar surface area (TPSA) is 0 Å². The molecule has 4 heteroatoms. The fourth-order valence-electron chi connectivity index (χ4n) is 7.32. The van der Waals surface area contributed by atoms with Crippen LogP contribution in [0.25, 0.3) is 0 Å². The molecular weight excluding hydrogens is 305 g/mol. The third kappa shape index (κ3) is 2.25. The first-order chi connectivity index (χ1) is 8.82. The lowest BCUT2D eigenvalue weighted by molar-refractivity contribution is 0.686. The van der Waals surface area contributed by atoms with Crippen LogP contribution in [0.4, 0.5) is 0 Å². The summed E-state index contributed by atoms with van der Waals surface area (Å²) in [5.74, 6) is 1.94. The highest BCUT2D eigenvalue weighted by Gasteiger charge is 2.67. The van der Waals surface area contributed by atoms with Crippen LogP contribution in [0.3, 0.4) is 0 Å². The van der Waals surface area contributed by atoms with Gasteiger partial charge in [-0.1, -0.05) is 71.1 Å². The van der Waals surface area contributed by atoms with Gasteiger partial charge in [-0.3, -0.25) is 0 Å². The Bertz CT molecular complexity index is 370. The van der Waals surface area contributed by atoms with Crippen molar-refractivity contribution in [3.63, 3.8) is 0 Å². The van der Waals surface area contributed by atoms with Crippen molar-refractivity contribution in [2.24, 2.45) is 11.8 Å². The van der Waals surface area contributed by atoms with Gasteiger partial charge in [0.2, 0.25) is 0 Å². The van der Waals surface area contributed by atoms with Crippen LogP contribution >= 0.6 is 0 Å². The number of hydrogen-bond acceptors (Lipinski definition) is 0. The third-order valence-corrected chi connectivity index (χ3v) is 80.4. The molecule has 0 nitrogen and oxygen atoms in total. The molecule has 3 atom stereocenters. The first-order valence-corrected chi connectivity index (χ1v) is 24.1. The Morgan fingerprint density at radius 1 is 0.650 bits per heavy atom. The highest BCUT2D eigenvalue weighted by atomic mass is 29.9. The smallest absolute Gasteiger partial charge is 0.0412 e. The monoisotopic (exact) mass is 340 g/mol. The van der Waals surface area contributed by atoms with Crippen molar-refractivity contribution < 1.29 is 0 Å². The van der Waals surface area contributed by atoms with Crippen LogP contribution in [0.15, 0.2) is 12.2 Å². The van der Waals surface area contributed by atoms with Crippen LogP contribution in [-0.4, -0.2) is 29.4 Å². The van der Waals surface area contributed by atoms with E-state index in [4.69, 9.17) is 0 Å². The van der Waals surface area contributed by atoms with Crippen LogP contribution in [0.2, 0.25) is 64.5 Å². The van der Waals surface area contributed by atoms with Crippen LogP contribution in [0.1, 0.15) is 12.8 Å². The Morgan fingerprint density at radius 3 is 1.35 bits per heavy atom. The third-order valence-electron chi connectivity index (χ3n) is 6.38. The zero-order valence-electron chi connectivity index (χ0n) is 15.3. The van der Waals surface area contributed by atoms with Crippen molar-refractivity contribution in [2.45, 2.75) is 77.3 Å². The van der Waals surface area contributed by atoms with E-state index in [-0.39, 0.29) is 0 Å². The van der Waals surface area contributed by atoms with E-state index in [9.17, 15) is 0 Å². The maximum absolute atomic E-state index is 2.76. The predicted octanol–water partition coefficient (Wildman–Crippen LogP) is 5.65. The van der Waals surface area contributed by atoms with Gasteiger partial charge in [-0.2, -0.15) is 0 Å². The van der Waals surface area contributed by atoms with Gasteiger partial charge in [0.15, 0.2) is 0 Å². The van der Waals surface area contributed by atoms with Crippen molar-refractivity contribution >= 4 is 29.4 Å². The molecule has 0 N–H and O–H groups in total. The summed E-state index contributed by atoms with van der Waals surface area (Å²) in [5.41, 5.74) is 1.16. The van der Waals surface area contributed by atoms with Crippen molar-refractivity contribution in [1.82, 2.24) is 0 Å². The molecule has 0 amide bonds. The molecule has 20 heavy (non-hydrogen) atoms. The zero-order valence-corrected chi connectivity index (χ0v) is 19.3. The largest absolute Gasteiger partial charge is 0.0852 e. The summed E-state index contributed by atoms with van der Waals surface area (Å²) in [7, 11) is -3.25. The van der Waals surface area contributed by atoms with E-state index in [1.54, 1.807) is 6.42 Å². The average molecular weight is 341 g/mol. The lowest BCUT2D eigenvalue weighted by Gasteiger charge is -2.62. The van der Waals surface area contributed by atoms with Gasteiger partial charge in [0.1, 0.15) is 0 Å². The van der Waals surface area contributed by atoms with Gasteiger partial charge in [0, 0.05) is 29.4 Å². The van der Waals surface area contributed by atoms with Gasteiger partial charge < -0.3 is 0 Å². The second kappa shape index (κ2) is 4.80. The van der Waals surface area contributed by atoms with Crippen LogP contribution in [0, 0.1) is 11.8 Å². The van der Waals surface area contributed by atoms with Gasteiger partial charge in [-0.15, -0.1) is 0 Å². The Morgan fingerprint density at radius 2 is 1.10 bits per heavy atom. The molecule has 0 aliphatic heterocycles. The molecule has 116 valence electrons. The maximum atomic E-state index is 2.76. The second-order valence-corrected chi connectivity index (χ2v) is 51.4. The number of fused-ring (bicyclic) bond motifs is 2. The summed E-state index contributed by atoms with van der Waals surface area (Å²) < 4.78 is 0. The van der Waals surface area contributed by atoms with E-state index in [1.807, 2.05) is 0 Å². The summed E-state index contributed by atoms with van der Waals surface area (Å²) in [4.78, 5) is 0. The van der Waals surface area contributed by atoms with E-state index in [0.29, 0.717) is 0 Å². The minimum Gasteiger partial charge on any atom is -0.0852 e. The SMILES string of the molecule is C[Si](C)(C)[Si](C1C[C@H]2C=C[C@@H]1C2)([Si](C)(C)C)[Si](C)(C)C. The lowest BCUT2D eigenvalue weighted by atomic mass is 10.1. The molecule has 0 aromatic heterocycles. The number of hydrogen-bond donors (Lipinski definition) is 0. The molecule has 0 radical (unpaired) electrons. The zero-order chi connectivity index (χ0) is 15.6. The van der Waals surface area contributed by atoms with E-state index in [2.05, 4.69) is 71.1 Å². The Balaban J connectivity index is 2.63.